The third kappa shape index (κ3) is 3.86. The fraction of sp³-hybridized carbons (Fsp3) is 0.227. The summed E-state index contributed by atoms with van der Waals surface area (Å²) in [5.41, 5.74) is 2.21. The highest BCUT2D eigenvalue weighted by molar-refractivity contribution is 9.10. The van der Waals surface area contributed by atoms with Crippen molar-refractivity contribution in [2.75, 3.05) is 18.5 Å². The Morgan fingerprint density at radius 2 is 1.94 bits per heavy atom. The van der Waals surface area contributed by atoms with Gasteiger partial charge in [0.1, 0.15) is 5.82 Å². The van der Waals surface area contributed by atoms with E-state index in [1.807, 2.05) is 6.92 Å². The molecule has 7 nitrogen and oxygen atoms in total. The molecule has 2 heterocycles. The number of aromatic nitrogens is 2. The number of ketones is 1. The van der Waals surface area contributed by atoms with Crippen LogP contribution >= 0.6 is 15.9 Å². The summed E-state index contributed by atoms with van der Waals surface area (Å²) in [5.74, 6) is -0.922. The van der Waals surface area contributed by atoms with E-state index >= 15 is 0 Å². The summed E-state index contributed by atoms with van der Waals surface area (Å²) in [4.78, 5) is 32.9. The Morgan fingerprint density at radius 1 is 1.23 bits per heavy atom. The van der Waals surface area contributed by atoms with E-state index in [9.17, 15) is 19.1 Å². The SMILES string of the molecule is Cc1ccc(F)cc1Cn1c(Br)nc2c1C(=O)N(CC(=O)c1ccccc1)C(O)N2C. The number of hydrogen-bond donors (Lipinski definition) is 1. The van der Waals surface area contributed by atoms with Crippen LogP contribution in [0.4, 0.5) is 10.2 Å². The minimum absolute atomic E-state index is 0.197. The van der Waals surface area contributed by atoms with Crippen molar-refractivity contribution in [1.29, 1.82) is 0 Å². The van der Waals surface area contributed by atoms with Gasteiger partial charge in [-0.1, -0.05) is 36.4 Å². The van der Waals surface area contributed by atoms with E-state index in [1.54, 1.807) is 48.0 Å². The molecule has 1 unspecified atom stereocenters. The molecule has 0 radical (unpaired) electrons. The number of Topliss-reactive ketones (excluding diaryl/α,β-unsaturated/α-hetero) is 1. The van der Waals surface area contributed by atoms with Crippen LogP contribution in [0.3, 0.4) is 0 Å². The summed E-state index contributed by atoms with van der Waals surface area (Å²) in [5, 5.41) is 10.7. The lowest BCUT2D eigenvalue weighted by atomic mass is 10.1. The molecule has 31 heavy (non-hydrogen) atoms. The molecule has 0 saturated heterocycles. The van der Waals surface area contributed by atoms with E-state index < -0.39 is 12.3 Å². The predicted octanol–water partition coefficient (Wildman–Crippen LogP) is 3.19. The van der Waals surface area contributed by atoms with Gasteiger partial charge in [-0.05, 0) is 46.1 Å². The Balaban J connectivity index is 1.70. The molecule has 1 amide bonds. The van der Waals surface area contributed by atoms with Gasteiger partial charge in [0.2, 0.25) is 6.35 Å². The number of nitrogens with zero attached hydrogens (tertiary/aromatic N) is 4. The summed E-state index contributed by atoms with van der Waals surface area (Å²) < 4.78 is 15.8. The molecule has 0 bridgehead atoms. The molecule has 2 aromatic carbocycles. The van der Waals surface area contributed by atoms with Gasteiger partial charge in [0.05, 0.1) is 13.1 Å². The summed E-state index contributed by atoms with van der Waals surface area (Å²) in [6.45, 7) is 1.76. The number of aliphatic hydroxyl groups excluding tert-OH is 1. The first-order valence-electron chi connectivity index (χ1n) is 9.59. The van der Waals surface area contributed by atoms with Gasteiger partial charge in [0.25, 0.3) is 5.91 Å². The molecule has 9 heteroatoms. The Labute approximate surface area is 186 Å². The van der Waals surface area contributed by atoms with Gasteiger partial charge in [-0.2, -0.15) is 0 Å². The van der Waals surface area contributed by atoms with Crippen molar-refractivity contribution in [1.82, 2.24) is 14.5 Å². The number of rotatable bonds is 5. The van der Waals surface area contributed by atoms with Crippen LogP contribution in [0.1, 0.15) is 32.0 Å². The van der Waals surface area contributed by atoms with Gasteiger partial charge in [0.15, 0.2) is 22.0 Å². The third-order valence-electron chi connectivity index (χ3n) is 5.37. The van der Waals surface area contributed by atoms with Gasteiger partial charge >= 0.3 is 0 Å². The number of halogens is 2. The van der Waals surface area contributed by atoms with Crippen LogP contribution in [0.15, 0.2) is 53.3 Å². The first-order chi connectivity index (χ1) is 14.8. The molecule has 0 aliphatic carbocycles. The lowest BCUT2D eigenvalue weighted by Gasteiger charge is -2.38. The normalized spacial score (nSPS) is 15.9. The second-order valence-corrected chi connectivity index (χ2v) is 8.10. The van der Waals surface area contributed by atoms with Crippen molar-refractivity contribution in [3.05, 3.63) is 81.5 Å². The van der Waals surface area contributed by atoms with E-state index in [1.165, 1.54) is 17.0 Å². The quantitative estimate of drug-likeness (QED) is 0.560. The smallest absolute Gasteiger partial charge is 0.278 e. The maximum Gasteiger partial charge on any atom is 0.278 e. The second-order valence-electron chi connectivity index (χ2n) is 7.39. The third-order valence-corrected chi connectivity index (χ3v) is 5.98. The number of anilines is 1. The van der Waals surface area contributed by atoms with Gasteiger partial charge < -0.3 is 14.6 Å². The number of carbonyl (C=O) groups excluding carboxylic acids is 2. The largest absolute Gasteiger partial charge is 0.356 e. The van der Waals surface area contributed by atoms with Crippen molar-refractivity contribution in [3.8, 4) is 0 Å². The maximum absolute atomic E-state index is 13.8. The fourth-order valence-corrected chi connectivity index (χ4v) is 4.05. The van der Waals surface area contributed by atoms with Crippen molar-refractivity contribution in [2.45, 2.75) is 19.8 Å². The number of fused-ring (bicyclic) bond motifs is 1. The average Bonchev–Trinajstić information content (AvgIpc) is 3.09. The van der Waals surface area contributed by atoms with Crippen LogP contribution in [0, 0.1) is 12.7 Å². The minimum atomic E-state index is -1.35. The summed E-state index contributed by atoms with van der Waals surface area (Å²) in [6, 6.07) is 13.0. The summed E-state index contributed by atoms with van der Waals surface area (Å²) in [6.07, 6.45) is -1.35. The van der Waals surface area contributed by atoms with E-state index in [-0.39, 0.29) is 36.2 Å². The molecule has 1 aliphatic heterocycles. The van der Waals surface area contributed by atoms with Crippen LogP contribution in [0.2, 0.25) is 0 Å². The maximum atomic E-state index is 13.8. The summed E-state index contributed by atoms with van der Waals surface area (Å²) >= 11 is 3.37. The van der Waals surface area contributed by atoms with Gasteiger partial charge in [-0.25, -0.2) is 9.37 Å². The highest BCUT2D eigenvalue weighted by Crippen LogP contribution is 2.32. The lowest BCUT2D eigenvalue weighted by Crippen LogP contribution is -2.55. The molecule has 0 spiro atoms. The van der Waals surface area contributed by atoms with Gasteiger partial charge in [0, 0.05) is 12.6 Å². The number of aliphatic hydroxyl groups is 1. The molecule has 160 valence electrons. The topological polar surface area (TPSA) is 78.7 Å². The van der Waals surface area contributed by atoms with Crippen LogP contribution in [-0.2, 0) is 6.54 Å². The van der Waals surface area contributed by atoms with E-state index in [0.29, 0.717) is 15.9 Å². The zero-order valence-corrected chi connectivity index (χ0v) is 18.5. The van der Waals surface area contributed by atoms with Crippen LogP contribution in [0.25, 0.3) is 0 Å². The number of aryl methyl sites for hydroxylation is 1. The van der Waals surface area contributed by atoms with Crippen molar-refractivity contribution < 1.29 is 19.1 Å². The van der Waals surface area contributed by atoms with E-state index in [0.717, 1.165) is 10.5 Å². The number of amides is 1. The number of hydrogen-bond acceptors (Lipinski definition) is 5. The van der Waals surface area contributed by atoms with Crippen LogP contribution in [0.5, 0.6) is 0 Å². The Bertz CT molecular complexity index is 1170. The Morgan fingerprint density at radius 3 is 2.65 bits per heavy atom. The number of benzene rings is 2. The van der Waals surface area contributed by atoms with Crippen molar-refractivity contribution >= 4 is 33.4 Å². The molecule has 1 aliphatic rings. The number of carbonyl (C=O) groups is 2. The fourth-order valence-electron chi connectivity index (χ4n) is 3.58. The van der Waals surface area contributed by atoms with Gasteiger partial charge in [-0.3, -0.25) is 14.5 Å². The molecule has 1 aromatic heterocycles. The standard InChI is InChI=1S/C22H20BrFN4O3/c1-13-8-9-16(24)10-15(13)11-27-18-19(25-21(27)23)26(2)22(31)28(20(18)30)12-17(29)14-6-4-3-5-7-14/h3-10,22,31H,11-12H2,1-2H3. The van der Waals surface area contributed by atoms with Crippen molar-refractivity contribution in [2.24, 2.45) is 0 Å². The van der Waals surface area contributed by atoms with E-state index in [2.05, 4.69) is 20.9 Å². The first-order valence-corrected chi connectivity index (χ1v) is 10.4. The molecular formula is C22H20BrFN4O3. The zero-order chi connectivity index (χ0) is 22.3. The molecule has 1 N–H and O–H groups in total. The highest BCUT2D eigenvalue weighted by atomic mass is 79.9. The minimum Gasteiger partial charge on any atom is -0.356 e. The highest BCUT2D eigenvalue weighted by Gasteiger charge is 2.40. The molecule has 1 atom stereocenters. The Hall–Kier alpha value is -3.04. The monoisotopic (exact) mass is 486 g/mol. The summed E-state index contributed by atoms with van der Waals surface area (Å²) in [7, 11) is 1.59. The lowest BCUT2D eigenvalue weighted by molar-refractivity contribution is 0.00451. The van der Waals surface area contributed by atoms with Crippen LogP contribution < -0.4 is 4.90 Å². The number of imidazole rings is 1. The van der Waals surface area contributed by atoms with E-state index in [4.69, 9.17) is 0 Å². The molecule has 0 saturated carbocycles. The second kappa shape index (κ2) is 8.24. The average molecular weight is 487 g/mol. The van der Waals surface area contributed by atoms with Crippen LogP contribution in [-0.4, -0.2) is 51.2 Å². The zero-order valence-electron chi connectivity index (χ0n) is 16.9. The molecular weight excluding hydrogens is 467 g/mol. The molecule has 4 rings (SSSR count). The molecule has 0 fully saturated rings. The molecule has 3 aromatic rings. The van der Waals surface area contributed by atoms with Gasteiger partial charge in [-0.15, -0.1) is 0 Å². The van der Waals surface area contributed by atoms with Crippen molar-refractivity contribution in [3.63, 3.8) is 0 Å². The Kier molecular flexibility index (Phi) is 5.63. The predicted molar refractivity (Wildman–Crippen MR) is 116 cm³/mol. The first kappa shape index (κ1) is 21.2.